The standard InChI is InChI=1S/C19H20ClN3O4/c1-19(2)17(25)23(18(26)22-19)9-5-8-15(24)27-11-13-10-12-6-3-4-7-14(12)21-16(13)20/h3-4,6-7,10H,5,8-9,11H2,1-2H3,(H,22,26). The summed E-state index contributed by atoms with van der Waals surface area (Å²) in [5, 5.41) is 3.80. The molecule has 1 aliphatic rings. The highest BCUT2D eigenvalue weighted by molar-refractivity contribution is 6.30. The highest BCUT2D eigenvalue weighted by Crippen LogP contribution is 2.21. The van der Waals surface area contributed by atoms with Gasteiger partial charge in [0.25, 0.3) is 5.91 Å². The Morgan fingerprint density at radius 1 is 1.30 bits per heavy atom. The van der Waals surface area contributed by atoms with Crippen LogP contribution in [0.5, 0.6) is 0 Å². The molecule has 1 aromatic carbocycles. The zero-order valence-corrected chi connectivity index (χ0v) is 15.9. The minimum atomic E-state index is -0.905. The Kier molecular flexibility index (Phi) is 5.32. The Hall–Kier alpha value is -2.67. The molecule has 1 aliphatic heterocycles. The normalized spacial score (nSPS) is 15.9. The first-order valence-electron chi connectivity index (χ1n) is 8.62. The first-order chi connectivity index (χ1) is 12.8. The lowest BCUT2D eigenvalue weighted by Crippen LogP contribution is -2.40. The molecule has 142 valence electrons. The van der Waals surface area contributed by atoms with Crippen molar-refractivity contribution in [2.24, 2.45) is 0 Å². The molecule has 0 unspecified atom stereocenters. The van der Waals surface area contributed by atoms with Gasteiger partial charge < -0.3 is 10.1 Å². The molecule has 0 bridgehead atoms. The van der Waals surface area contributed by atoms with Crippen LogP contribution in [0.25, 0.3) is 10.9 Å². The van der Waals surface area contributed by atoms with E-state index in [1.165, 1.54) is 0 Å². The number of urea groups is 1. The van der Waals surface area contributed by atoms with Gasteiger partial charge in [0.2, 0.25) is 0 Å². The lowest BCUT2D eigenvalue weighted by molar-refractivity contribution is -0.145. The monoisotopic (exact) mass is 389 g/mol. The van der Waals surface area contributed by atoms with Crippen LogP contribution in [-0.4, -0.2) is 39.9 Å². The number of rotatable bonds is 6. The van der Waals surface area contributed by atoms with Gasteiger partial charge in [0.1, 0.15) is 17.3 Å². The number of para-hydroxylation sites is 1. The Morgan fingerprint density at radius 3 is 2.74 bits per heavy atom. The van der Waals surface area contributed by atoms with E-state index in [0.717, 1.165) is 15.8 Å². The fourth-order valence-electron chi connectivity index (χ4n) is 2.87. The number of hydrogen-bond acceptors (Lipinski definition) is 5. The van der Waals surface area contributed by atoms with Crippen LogP contribution in [0.2, 0.25) is 5.15 Å². The molecule has 0 radical (unpaired) electrons. The fourth-order valence-corrected chi connectivity index (χ4v) is 3.07. The molecule has 3 rings (SSSR count). The quantitative estimate of drug-likeness (QED) is 0.466. The van der Waals surface area contributed by atoms with Crippen molar-refractivity contribution in [2.75, 3.05) is 6.54 Å². The van der Waals surface area contributed by atoms with E-state index in [4.69, 9.17) is 16.3 Å². The largest absolute Gasteiger partial charge is 0.461 e. The lowest BCUT2D eigenvalue weighted by Gasteiger charge is -2.15. The second-order valence-electron chi connectivity index (χ2n) is 6.91. The number of benzene rings is 1. The Labute approximate surface area is 161 Å². The van der Waals surface area contributed by atoms with Crippen LogP contribution in [0.1, 0.15) is 32.3 Å². The van der Waals surface area contributed by atoms with Gasteiger partial charge in [-0.3, -0.25) is 14.5 Å². The van der Waals surface area contributed by atoms with Crippen molar-refractivity contribution in [1.29, 1.82) is 0 Å². The molecule has 1 saturated heterocycles. The van der Waals surface area contributed by atoms with Gasteiger partial charge in [0.05, 0.1) is 5.52 Å². The maximum atomic E-state index is 12.1. The number of carbonyl (C=O) groups is 3. The summed E-state index contributed by atoms with van der Waals surface area (Å²) in [5.41, 5.74) is 0.492. The maximum absolute atomic E-state index is 12.1. The summed E-state index contributed by atoms with van der Waals surface area (Å²) in [4.78, 5) is 41.2. The minimum Gasteiger partial charge on any atom is -0.461 e. The number of imide groups is 1. The number of halogens is 1. The summed E-state index contributed by atoms with van der Waals surface area (Å²) in [5.74, 6) is -0.722. The second kappa shape index (κ2) is 7.52. The van der Waals surface area contributed by atoms with E-state index in [1.54, 1.807) is 13.8 Å². The SMILES string of the molecule is CC1(C)NC(=O)N(CCCC(=O)OCc2cc3ccccc3nc2Cl)C1=O. The van der Waals surface area contributed by atoms with Crippen molar-refractivity contribution in [1.82, 2.24) is 15.2 Å². The van der Waals surface area contributed by atoms with Gasteiger partial charge >= 0.3 is 12.0 Å². The van der Waals surface area contributed by atoms with Crippen LogP contribution in [0.15, 0.2) is 30.3 Å². The number of nitrogens with one attached hydrogen (secondary N) is 1. The molecule has 0 spiro atoms. The van der Waals surface area contributed by atoms with Crippen LogP contribution < -0.4 is 5.32 Å². The molecule has 7 nitrogen and oxygen atoms in total. The number of ether oxygens (including phenoxy) is 1. The highest BCUT2D eigenvalue weighted by Gasteiger charge is 2.43. The topological polar surface area (TPSA) is 88.6 Å². The van der Waals surface area contributed by atoms with Crippen LogP contribution in [0.3, 0.4) is 0 Å². The third-order valence-electron chi connectivity index (χ3n) is 4.35. The number of amides is 3. The van der Waals surface area contributed by atoms with Crippen molar-refractivity contribution in [2.45, 2.75) is 38.8 Å². The van der Waals surface area contributed by atoms with E-state index < -0.39 is 17.5 Å². The molecule has 8 heteroatoms. The Balaban J connectivity index is 1.50. The maximum Gasteiger partial charge on any atom is 0.325 e. The van der Waals surface area contributed by atoms with Crippen molar-refractivity contribution in [3.05, 3.63) is 41.0 Å². The van der Waals surface area contributed by atoms with Gasteiger partial charge in [-0.25, -0.2) is 9.78 Å². The number of nitrogens with zero attached hydrogens (tertiary/aromatic N) is 2. The summed E-state index contributed by atoms with van der Waals surface area (Å²) < 4.78 is 5.25. The predicted octanol–water partition coefficient (Wildman–Crippen LogP) is 3.04. The second-order valence-corrected chi connectivity index (χ2v) is 7.27. The van der Waals surface area contributed by atoms with Crippen molar-refractivity contribution >= 4 is 40.4 Å². The first kappa shape index (κ1) is 19.1. The number of fused-ring (bicyclic) bond motifs is 1. The van der Waals surface area contributed by atoms with Crippen molar-refractivity contribution in [3.8, 4) is 0 Å². The molecular weight excluding hydrogens is 370 g/mol. The van der Waals surface area contributed by atoms with E-state index >= 15 is 0 Å². The minimum absolute atomic E-state index is 0.0195. The Morgan fingerprint density at radius 2 is 2.04 bits per heavy atom. The zero-order chi connectivity index (χ0) is 19.6. The summed E-state index contributed by atoms with van der Waals surface area (Å²) in [6.45, 7) is 3.47. The fraction of sp³-hybridized carbons (Fsp3) is 0.368. The van der Waals surface area contributed by atoms with Gasteiger partial charge in [-0.15, -0.1) is 0 Å². The average Bonchev–Trinajstić information content (AvgIpc) is 2.81. The van der Waals surface area contributed by atoms with Crippen LogP contribution in [-0.2, 0) is 20.9 Å². The molecule has 27 heavy (non-hydrogen) atoms. The molecule has 1 aromatic heterocycles. The molecule has 2 aromatic rings. The number of hydrogen-bond donors (Lipinski definition) is 1. The summed E-state index contributed by atoms with van der Waals surface area (Å²) in [6, 6.07) is 8.93. The average molecular weight is 390 g/mol. The molecule has 3 amide bonds. The summed E-state index contributed by atoms with van der Waals surface area (Å²) in [6.07, 6.45) is 0.424. The highest BCUT2D eigenvalue weighted by atomic mass is 35.5. The lowest BCUT2D eigenvalue weighted by atomic mass is 10.1. The van der Waals surface area contributed by atoms with E-state index in [2.05, 4.69) is 10.3 Å². The smallest absolute Gasteiger partial charge is 0.325 e. The number of esters is 1. The van der Waals surface area contributed by atoms with Gasteiger partial charge in [-0.2, -0.15) is 0 Å². The summed E-state index contributed by atoms with van der Waals surface area (Å²) in [7, 11) is 0. The van der Waals surface area contributed by atoms with Crippen LogP contribution in [0, 0.1) is 0 Å². The van der Waals surface area contributed by atoms with Crippen molar-refractivity contribution < 1.29 is 19.1 Å². The van der Waals surface area contributed by atoms with Crippen LogP contribution in [0.4, 0.5) is 4.79 Å². The first-order valence-corrected chi connectivity index (χ1v) is 8.99. The Bertz CT molecular complexity index is 913. The molecule has 1 N–H and O–H groups in total. The molecule has 0 saturated carbocycles. The molecule has 2 heterocycles. The predicted molar refractivity (Wildman–Crippen MR) is 100 cm³/mol. The molecule has 0 aliphatic carbocycles. The number of aromatic nitrogens is 1. The van der Waals surface area contributed by atoms with E-state index in [-0.39, 0.29) is 25.5 Å². The van der Waals surface area contributed by atoms with E-state index in [9.17, 15) is 14.4 Å². The third-order valence-corrected chi connectivity index (χ3v) is 4.67. The van der Waals surface area contributed by atoms with Gasteiger partial charge in [0, 0.05) is 23.9 Å². The number of carbonyl (C=O) groups excluding carboxylic acids is 3. The molecular formula is C19H20ClN3O4. The zero-order valence-electron chi connectivity index (χ0n) is 15.1. The van der Waals surface area contributed by atoms with Crippen molar-refractivity contribution in [3.63, 3.8) is 0 Å². The van der Waals surface area contributed by atoms with Crippen LogP contribution >= 0.6 is 11.6 Å². The third kappa shape index (κ3) is 4.19. The van der Waals surface area contributed by atoms with Gasteiger partial charge in [-0.05, 0) is 32.4 Å². The van der Waals surface area contributed by atoms with Gasteiger partial charge in [0.15, 0.2) is 0 Å². The van der Waals surface area contributed by atoms with E-state index in [1.807, 2.05) is 30.3 Å². The summed E-state index contributed by atoms with van der Waals surface area (Å²) >= 11 is 6.14. The van der Waals surface area contributed by atoms with Gasteiger partial charge in [-0.1, -0.05) is 29.8 Å². The van der Waals surface area contributed by atoms with E-state index in [0.29, 0.717) is 17.1 Å². The molecule has 1 fully saturated rings. The molecule has 0 atom stereocenters. The number of pyridine rings is 1.